The third kappa shape index (κ3) is 5.81. The molecule has 0 fully saturated rings. The molecule has 2 heterocycles. The molecule has 1 unspecified atom stereocenters. The summed E-state index contributed by atoms with van der Waals surface area (Å²) >= 11 is 0. The number of carbonyl (C=O) groups is 1. The van der Waals surface area contributed by atoms with Gasteiger partial charge in [0.05, 0.1) is 39.6 Å². The Morgan fingerprint density at radius 2 is 1.29 bits per heavy atom. The number of nitrogens with zero attached hydrogens (tertiary/aromatic N) is 4. The first-order chi connectivity index (χ1) is 27.1. The van der Waals surface area contributed by atoms with Crippen LogP contribution in [-0.2, 0) is 17.6 Å². The van der Waals surface area contributed by atoms with Gasteiger partial charge in [-0.05, 0) is 77.2 Å². The lowest BCUT2D eigenvalue weighted by Gasteiger charge is -2.26. The van der Waals surface area contributed by atoms with E-state index in [1.54, 1.807) is 0 Å². The highest BCUT2D eigenvalue weighted by atomic mass is 16.1. The number of hydrogen-bond acceptors (Lipinski definition) is 4. The summed E-state index contributed by atoms with van der Waals surface area (Å²) in [6.45, 7) is 2.04. The summed E-state index contributed by atoms with van der Waals surface area (Å²) in [4.78, 5) is 29.8. The fraction of sp³-hybridized carbons (Fsp3) is 0.0800. The molecule has 0 aliphatic heterocycles. The quantitative estimate of drug-likeness (QED) is 0.173. The largest absolute Gasteiger partial charge is 0.309 e. The molecule has 0 saturated heterocycles. The van der Waals surface area contributed by atoms with Gasteiger partial charge in [-0.3, -0.25) is 4.79 Å². The van der Waals surface area contributed by atoms with Crippen LogP contribution in [0.5, 0.6) is 0 Å². The smallest absolute Gasteiger partial charge is 0.185 e. The van der Waals surface area contributed by atoms with Crippen molar-refractivity contribution in [3.8, 4) is 28.1 Å². The van der Waals surface area contributed by atoms with Crippen LogP contribution < -0.4 is 0 Å². The number of benzene rings is 7. The Morgan fingerprint density at radius 1 is 0.618 bits per heavy atom. The van der Waals surface area contributed by atoms with E-state index in [2.05, 4.69) is 114 Å². The van der Waals surface area contributed by atoms with Crippen molar-refractivity contribution in [2.24, 2.45) is 4.99 Å². The molecule has 2 aromatic heterocycles. The monoisotopic (exact) mass is 708 g/mol. The molecule has 5 nitrogen and oxygen atoms in total. The van der Waals surface area contributed by atoms with E-state index in [0.29, 0.717) is 24.4 Å². The molecule has 9 aromatic rings. The van der Waals surface area contributed by atoms with Crippen molar-refractivity contribution in [1.29, 1.82) is 0 Å². The third-order valence-electron chi connectivity index (χ3n) is 11.0. The molecule has 0 amide bonds. The maximum atomic E-state index is 14.6. The van der Waals surface area contributed by atoms with Crippen molar-refractivity contribution in [3.05, 3.63) is 192 Å². The molecule has 7 aromatic carbocycles. The Bertz CT molecular complexity index is 2960. The van der Waals surface area contributed by atoms with Gasteiger partial charge in [0.15, 0.2) is 5.78 Å². The molecule has 1 aliphatic carbocycles. The van der Waals surface area contributed by atoms with Crippen LogP contribution in [-0.4, -0.2) is 26.0 Å². The second kappa shape index (κ2) is 13.5. The summed E-state index contributed by atoms with van der Waals surface area (Å²) in [5.41, 5.74) is 13.0. The molecule has 5 heteroatoms. The maximum absolute atomic E-state index is 14.6. The fourth-order valence-electron chi connectivity index (χ4n) is 8.24. The summed E-state index contributed by atoms with van der Waals surface area (Å²) in [6.07, 6.45) is 0.823. The van der Waals surface area contributed by atoms with E-state index in [1.165, 1.54) is 16.3 Å². The van der Waals surface area contributed by atoms with E-state index < -0.39 is 5.92 Å². The van der Waals surface area contributed by atoms with Crippen LogP contribution in [0, 0.1) is 6.92 Å². The summed E-state index contributed by atoms with van der Waals surface area (Å²) in [7, 11) is 0. The van der Waals surface area contributed by atoms with Crippen molar-refractivity contribution in [1.82, 2.24) is 14.5 Å². The number of para-hydroxylation sites is 4. The number of carbonyl (C=O) groups excluding carboxylic acids is 1. The minimum atomic E-state index is -0.475. The number of aryl methyl sites for hydroxylation is 1. The lowest BCUT2D eigenvalue weighted by molar-refractivity contribution is -0.114. The number of rotatable bonds is 6. The Morgan fingerprint density at radius 3 is 2.13 bits per heavy atom. The maximum Gasteiger partial charge on any atom is 0.185 e. The standard InChI is InChI=1S/C50H36N4O/c1-32-14-8-11-21-43(32)51-45-30-36-28-34(35-25-27-47-41(29-35)39-19-10-13-23-46(39)54(47)37-17-6-3-7-18-37)24-26-38(36)42(50(45)55)31-48-52-44-22-12-9-20-40(44)49(53-48)33-15-4-2-5-16-33/h2-29,42H,30-31H2,1H3/b51-45+. The van der Waals surface area contributed by atoms with Crippen molar-refractivity contribution in [3.63, 3.8) is 0 Å². The summed E-state index contributed by atoms with van der Waals surface area (Å²) in [5.74, 6) is 0.191. The molecule has 1 aliphatic rings. The van der Waals surface area contributed by atoms with Gasteiger partial charge in [0.25, 0.3) is 0 Å². The summed E-state index contributed by atoms with van der Waals surface area (Å²) in [6, 6.07) is 58.8. The van der Waals surface area contributed by atoms with Crippen molar-refractivity contribution in [2.75, 3.05) is 0 Å². The predicted octanol–water partition coefficient (Wildman–Crippen LogP) is 11.6. The second-order valence-corrected chi connectivity index (χ2v) is 14.3. The van der Waals surface area contributed by atoms with E-state index >= 15 is 0 Å². The Labute approximate surface area is 319 Å². The van der Waals surface area contributed by atoms with Crippen molar-refractivity contribution in [2.45, 2.75) is 25.7 Å². The van der Waals surface area contributed by atoms with Gasteiger partial charge in [-0.25, -0.2) is 15.0 Å². The molecule has 0 N–H and O–H groups in total. The van der Waals surface area contributed by atoms with Crippen LogP contribution in [0.15, 0.2) is 175 Å². The Balaban J connectivity index is 1.10. The average Bonchev–Trinajstić information content (AvgIpc) is 3.57. The van der Waals surface area contributed by atoms with Crippen LogP contribution in [0.2, 0.25) is 0 Å². The number of Topliss-reactive ketones (excluding diaryl/α,β-unsaturated/α-hetero) is 1. The van der Waals surface area contributed by atoms with Crippen molar-refractivity contribution >= 4 is 49.9 Å². The number of aliphatic imine (C=N–C) groups is 1. The van der Waals surface area contributed by atoms with Crippen LogP contribution in [0.25, 0.3) is 60.8 Å². The van der Waals surface area contributed by atoms with Crippen molar-refractivity contribution < 1.29 is 4.79 Å². The molecule has 10 rings (SSSR count). The zero-order valence-electron chi connectivity index (χ0n) is 30.4. The first kappa shape index (κ1) is 32.7. The van der Waals surface area contributed by atoms with Gasteiger partial charge in [-0.1, -0.05) is 127 Å². The summed E-state index contributed by atoms with van der Waals surface area (Å²) in [5, 5.41) is 3.40. The molecular formula is C50H36N4O. The molecule has 0 bridgehead atoms. The number of aromatic nitrogens is 3. The minimum Gasteiger partial charge on any atom is -0.309 e. The third-order valence-corrected chi connectivity index (χ3v) is 11.0. The number of fused-ring (bicyclic) bond motifs is 5. The first-order valence-corrected chi connectivity index (χ1v) is 18.8. The van der Waals surface area contributed by atoms with E-state index in [-0.39, 0.29) is 5.78 Å². The Hall–Kier alpha value is -6.98. The molecule has 1 atom stereocenters. The fourth-order valence-corrected chi connectivity index (χ4v) is 8.24. The first-order valence-electron chi connectivity index (χ1n) is 18.8. The molecule has 0 radical (unpaired) electrons. The van der Waals surface area contributed by atoms with Gasteiger partial charge < -0.3 is 4.57 Å². The highest BCUT2D eigenvalue weighted by Gasteiger charge is 2.34. The average molecular weight is 709 g/mol. The molecular weight excluding hydrogens is 673 g/mol. The van der Waals surface area contributed by atoms with Crippen LogP contribution in [0.4, 0.5) is 5.69 Å². The zero-order valence-corrected chi connectivity index (χ0v) is 30.4. The lowest BCUT2D eigenvalue weighted by Crippen LogP contribution is -2.32. The molecule has 0 spiro atoms. The Kier molecular flexibility index (Phi) is 7.99. The van der Waals surface area contributed by atoms with E-state index in [0.717, 1.165) is 66.9 Å². The van der Waals surface area contributed by atoms with E-state index in [4.69, 9.17) is 15.0 Å². The highest BCUT2D eigenvalue weighted by Crippen LogP contribution is 2.38. The topological polar surface area (TPSA) is 60.1 Å². The van der Waals surface area contributed by atoms with Gasteiger partial charge >= 0.3 is 0 Å². The summed E-state index contributed by atoms with van der Waals surface area (Å²) < 4.78 is 2.34. The van der Waals surface area contributed by atoms with Crippen LogP contribution in [0.1, 0.15) is 28.4 Å². The van der Waals surface area contributed by atoms with Gasteiger partial charge in [-0.2, -0.15) is 0 Å². The molecule has 262 valence electrons. The van der Waals surface area contributed by atoms with Gasteiger partial charge in [-0.15, -0.1) is 0 Å². The SMILES string of the molecule is Cc1ccccc1/N=C1\Cc2cc(-c3ccc4c(c3)c3ccccc3n4-c3ccccc3)ccc2C(Cc2nc(-c3ccccc3)c3ccccc3n2)C1=O. The minimum absolute atomic E-state index is 0.0247. The number of hydrogen-bond donors (Lipinski definition) is 0. The van der Waals surface area contributed by atoms with E-state index in [1.807, 2.05) is 67.6 Å². The van der Waals surface area contributed by atoms with Gasteiger partial charge in [0, 0.05) is 40.3 Å². The van der Waals surface area contributed by atoms with Crippen LogP contribution in [0.3, 0.4) is 0 Å². The zero-order chi connectivity index (χ0) is 36.9. The van der Waals surface area contributed by atoms with Crippen LogP contribution >= 0.6 is 0 Å². The molecule has 55 heavy (non-hydrogen) atoms. The number of ketones is 1. The lowest BCUT2D eigenvalue weighted by atomic mass is 9.77. The van der Waals surface area contributed by atoms with Gasteiger partial charge in [0.1, 0.15) is 5.82 Å². The van der Waals surface area contributed by atoms with E-state index in [9.17, 15) is 4.79 Å². The van der Waals surface area contributed by atoms with Gasteiger partial charge in [0.2, 0.25) is 0 Å². The molecule has 0 saturated carbocycles. The highest BCUT2D eigenvalue weighted by molar-refractivity contribution is 6.43. The normalized spacial score (nSPS) is 14.9. The second-order valence-electron chi connectivity index (χ2n) is 14.3. The predicted molar refractivity (Wildman–Crippen MR) is 225 cm³/mol.